The summed E-state index contributed by atoms with van der Waals surface area (Å²) in [7, 11) is 0. The maximum Gasteiger partial charge on any atom is 0.410 e. The smallest absolute Gasteiger partial charge is 0.410 e. The summed E-state index contributed by atoms with van der Waals surface area (Å²) in [6.45, 7) is 7.03. The molecule has 3 aromatic rings. The molecule has 2 aromatic heterocycles. The summed E-state index contributed by atoms with van der Waals surface area (Å²) in [4.78, 5) is 18.9. The minimum atomic E-state index is -0.475. The fourth-order valence-corrected chi connectivity index (χ4v) is 4.04. The summed E-state index contributed by atoms with van der Waals surface area (Å²) >= 11 is 6.41. The van der Waals surface area contributed by atoms with Gasteiger partial charge in [-0.3, -0.25) is 0 Å². The predicted octanol–water partition coefficient (Wildman–Crippen LogP) is 5.77. The first kappa shape index (κ1) is 19.8. The van der Waals surface area contributed by atoms with E-state index in [0.29, 0.717) is 24.0 Å². The van der Waals surface area contributed by atoms with Crippen LogP contribution in [-0.2, 0) is 4.74 Å². The summed E-state index contributed by atoms with van der Waals surface area (Å²) in [6.07, 6.45) is 3.58. The van der Waals surface area contributed by atoms with Gasteiger partial charge in [0.2, 0.25) is 0 Å². The van der Waals surface area contributed by atoms with Crippen LogP contribution in [0.5, 0.6) is 0 Å². The maximum absolute atomic E-state index is 12.4. The highest BCUT2D eigenvalue weighted by molar-refractivity contribution is 6.30. The zero-order valence-electron chi connectivity index (χ0n) is 17.1. The van der Waals surface area contributed by atoms with Gasteiger partial charge in [0.25, 0.3) is 0 Å². The lowest BCUT2D eigenvalue weighted by molar-refractivity contribution is 0.0204. The number of piperidine rings is 1. The van der Waals surface area contributed by atoms with Crippen molar-refractivity contribution in [2.45, 2.75) is 45.1 Å². The Morgan fingerprint density at radius 2 is 1.83 bits per heavy atom. The van der Waals surface area contributed by atoms with Crippen LogP contribution in [0.3, 0.4) is 0 Å². The van der Waals surface area contributed by atoms with E-state index in [-0.39, 0.29) is 6.09 Å². The van der Waals surface area contributed by atoms with Crippen LogP contribution in [0, 0.1) is 0 Å². The number of aromatic nitrogens is 2. The third kappa shape index (κ3) is 4.40. The Labute approximate surface area is 176 Å². The largest absolute Gasteiger partial charge is 0.444 e. The molecule has 0 N–H and O–H groups in total. The molecule has 0 bridgehead atoms. The highest BCUT2D eigenvalue weighted by Crippen LogP contribution is 2.32. The number of imidazole rings is 1. The Balaban J connectivity index is 1.57. The normalized spacial score (nSPS) is 15.7. The van der Waals surface area contributed by atoms with E-state index in [1.54, 1.807) is 4.90 Å². The van der Waals surface area contributed by atoms with E-state index in [0.717, 1.165) is 35.4 Å². The van der Waals surface area contributed by atoms with Crippen molar-refractivity contribution in [3.8, 4) is 11.3 Å². The first-order chi connectivity index (χ1) is 13.8. The van der Waals surface area contributed by atoms with Crippen molar-refractivity contribution in [2.75, 3.05) is 13.1 Å². The van der Waals surface area contributed by atoms with Crippen LogP contribution in [-0.4, -0.2) is 39.1 Å². The molecule has 29 heavy (non-hydrogen) atoms. The average Bonchev–Trinajstić information content (AvgIpc) is 3.11. The van der Waals surface area contributed by atoms with E-state index in [1.165, 1.54) is 0 Å². The second-order valence-corrected chi connectivity index (χ2v) is 9.00. The van der Waals surface area contributed by atoms with Gasteiger partial charge < -0.3 is 14.0 Å². The number of likely N-dealkylation sites (tertiary alicyclic amines) is 1. The number of nitrogens with zero attached hydrogens (tertiary/aromatic N) is 3. The molecule has 152 valence electrons. The number of ether oxygens (including phenoxy) is 1. The Bertz CT molecular complexity index is 1020. The van der Waals surface area contributed by atoms with Crippen molar-refractivity contribution in [2.24, 2.45) is 0 Å². The summed E-state index contributed by atoms with van der Waals surface area (Å²) in [5.74, 6) is 0.313. The molecule has 1 aromatic carbocycles. The lowest BCUT2D eigenvalue weighted by Gasteiger charge is -2.33. The van der Waals surface area contributed by atoms with Gasteiger partial charge >= 0.3 is 6.09 Å². The molecule has 1 fully saturated rings. The van der Waals surface area contributed by atoms with Crippen LogP contribution >= 0.6 is 11.6 Å². The van der Waals surface area contributed by atoms with Crippen LogP contribution in [0.4, 0.5) is 4.79 Å². The summed E-state index contributed by atoms with van der Waals surface area (Å²) in [6, 6.07) is 14.1. The Morgan fingerprint density at radius 3 is 2.48 bits per heavy atom. The van der Waals surface area contributed by atoms with Gasteiger partial charge in [-0.15, -0.1) is 0 Å². The quantitative estimate of drug-likeness (QED) is 0.537. The number of rotatable bonds is 2. The van der Waals surface area contributed by atoms with Crippen molar-refractivity contribution in [3.63, 3.8) is 0 Å². The average molecular weight is 412 g/mol. The summed E-state index contributed by atoms with van der Waals surface area (Å²) in [5, 5.41) is 0.687. The number of hydrogen-bond acceptors (Lipinski definition) is 3. The zero-order chi connectivity index (χ0) is 20.6. The molecule has 0 spiro atoms. The highest BCUT2D eigenvalue weighted by atomic mass is 35.5. The SMILES string of the molecule is CC(C)(C)OC(=O)N1CCC(c2cc(Cl)cc3nc(-c4ccccc4)cn23)CC1. The van der Waals surface area contributed by atoms with Gasteiger partial charge in [0.05, 0.1) is 5.69 Å². The topological polar surface area (TPSA) is 46.8 Å². The molecule has 0 aliphatic carbocycles. The molecular formula is C23H26ClN3O2. The molecule has 1 saturated heterocycles. The standard InChI is InChI=1S/C23H26ClN3O2/c1-23(2,3)29-22(28)26-11-9-17(10-12-26)20-13-18(24)14-21-25-19(15-27(20)21)16-7-5-4-6-8-16/h4-8,13-15,17H,9-12H2,1-3H3. The summed E-state index contributed by atoms with van der Waals surface area (Å²) < 4.78 is 7.65. The molecule has 3 heterocycles. The molecule has 1 aliphatic heterocycles. The number of benzene rings is 1. The Hall–Kier alpha value is -2.53. The minimum Gasteiger partial charge on any atom is -0.444 e. The highest BCUT2D eigenvalue weighted by Gasteiger charge is 2.28. The van der Waals surface area contributed by atoms with Crippen LogP contribution in [0.25, 0.3) is 16.9 Å². The zero-order valence-corrected chi connectivity index (χ0v) is 17.8. The number of halogens is 1. The molecule has 0 atom stereocenters. The molecule has 0 radical (unpaired) electrons. The molecule has 1 aliphatic rings. The van der Waals surface area contributed by atoms with Crippen LogP contribution in [0.1, 0.15) is 45.2 Å². The molecule has 5 nitrogen and oxygen atoms in total. The second-order valence-electron chi connectivity index (χ2n) is 8.56. The van der Waals surface area contributed by atoms with Gasteiger partial charge in [-0.2, -0.15) is 0 Å². The van der Waals surface area contributed by atoms with Crippen LogP contribution < -0.4 is 0 Å². The van der Waals surface area contributed by atoms with Crippen molar-refractivity contribution >= 4 is 23.3 Å². The number of carbonyl (C=O) groups excluding carboxylic acids is 1. The van der Waals surface area contributed by atoms with Crippen molar-refractivity contribution in [1.82, 2.24) is 14.3 Å². The van der Waals surface area contributed by atoms with E-state index in [2.05, 4.69) is 22.7 Å². The van der Waals surface area contributed by atoms with Crippen molar-refractivity contribution < 1.29 is 9.53 Å². The van der Waals surface area contributed by atoms with Gasteiger partial charge in [-0.05, 0) is 39.7 Å². The lowest BCUT2D eigenvalue weighted by atomic mass is 9.93. The second kappa shape index (κ2) is 7.71. The number of hydrogen-bond donors (Lipinski definition) is 0. The third-order valence-electron chi connectivity index (χ3n) is 5.20. The lowest BCUT2D eigenvalue weighted by Crippen LogP contribution is -2.41. The number of pyridine rings is 1. The Morgan fingerprint density at radius 1 is 1.14 bits per heavy atom. The van der Waals surface area contributed by atoms with Crippen molar-refractivity contribution in [1.29, 1.82) is 0 Å². The number of fused-ring (bicyclic) bond motifs is 1. The van der Waals surface area contributed by atoms with Crippen molar-refractivity contribution in [3.05, 3.63) is 59.4 Å². The minimum absolute atomic E-state index is 0.235. The fourth-order valence-electron chi connectivity index (χ4n) is 3.83. The molecule has 1 amide bonds. The summed E-state index contributed by atoms with van der Waals surface area (Å²) in [5.41, 5.74) is 3.53. The predicted molar refractivity (Wildman–Crippen MR) is 115 cm³/mol. The van der Waals surface area contributed by atoms with Gasteiger partial charge in [0.15, 0.2) is 0 Å². The fraction of sp³-hybridized carbons (Fsp3) is 0.391. The number of amides is 1. The van der Waals surface area contributed by atoms with E-state index < -0.39 is 5.60 Å². The molecule has 0 saturated carbocycles. The van der Waals surface area contributed by atoms with Gasteiger partial charge in [0.1, 0.15) is 11.2 Å². The molecule has 6 heteroatoms. The first-order valence-corrected chi connectivity index (χ1v) is 10.4. The maximum atomic E-state index is 12.4. The van der Waals surface area contributed by atoms with E-state index >= 15 is 0 Å². The van der Waals surface area contributed by atoms with E-state index in [1.807, 2.05) is 51.1 Å². The monoisotopic (exact) mass is 411 g/mol. The third-order valence-corrected chi connectivity index (χ3v) is 5.42. The van der Waals surface area contributed by atoms with Gasteiger partial charge in [0, 0.05) is 47.6 Å². The molecular weight excluding hydrogens is 386 g/mol. The molecule has 0 unspecified atom stereocenters. The first-order valence-electron chi connectivity index (χ1n) is 10.0. The van der Waals surface area contributed by atoms with E-state index in [9.17, 15) is 4.79 Å². The van der Waals surface area contributed by atoms with Gasteiger partial charge in [-0.1, -0.05) is 41.9 Å². The van der Waals surface area contributed by atoms with Crippen LogP contribution in [0.15, 0.2) is 48.7 Å². The van der Waals surface area contributed by atoms with E-state index in [4.69, 9.17) is 21.3 Å². The Kier molecular flexibility index (Phi) is 5.26. The van der Waals surface area contributed by atoms with Gasteiger partial charge in [-0.25, -0.2) is 9.78 Å². The molecule has 4 rings (SSSR count). The van der Waals surface area contributed by atoms with Crippen LogP contribution in [0.2, 0.25) is 5.02 Å². The number of carbonyl (C=O) groups is 1.